The van der Waals surface area contributed by atoms with Crippen LogP contribution in [-0.4, -0.2) is 70.3 Å². The number of hydrogen-bond donors (Lipinski definition) is 2. The van der Waals surface area contributed by atoms with Crippen molar-refractivity contribution < 1.29 is 15.0 Å². The largest absolute Gasteiger partial charge is 0.393 e. The fourth-order valence-electron chi connectivity index (χ4n) is 4.06. The summed E-state index contributed by atoms with van der Waals surface area (Å²) in [6.45, 7) is 5.36. The van der Waals surface area contributed by atoms with Gasteiger partial charge in [-0.05, 0) is 38.2 Å². The van der Waals surface area contributed by atoms with E-state index in [0.717, 1.165) is 49.9 Å². The molecule has 25 heavy (non-hydrogen) atoms. The summed E-state index contributed by atoms with van der Waals surface area (Å²) in [4.78, 5) is 16.8. The molecule has 0 radical (unpaired) electrons. The minimum absolute atomic E-state index is 0.144. The average Bonchev–Trinajstić information content (AvgIpc) is 2.62. The van der Waals surface area contributed by atoms with Gasteiger partial charge >= 0.3 is 0 Å². The highest BCUT2D eigenvalue weighted by atomic mass is 16.3. The monoisotopic (exact) mass is 346 g/mol. The highest BCUT2D eigenvalue weighted by Crippen LogP contribution is 2.22. The molecule has 5 nitrogen and oxygen atoms in total. The molecule has 2 aliphatic heterocycles. The third-order valence-corrected chi connectivity index (χ3v) is 5.59. The van der Waals surface area contributed by atoms with Crippen LogP contribution in [0.5, 0.6) is 0 Å². The molecule has 5 heteroatoms. The van der Waals surface area contributed by atoms with Crippen molar-refractivity contribution in [2.24, 2.45) is 0 Å². The second-order valence-electron chi connectivity index (χ2n) is 7.53. The molecule has 2 heterocycles. The number of carbonyl (C=O) groups is 1. The van der Waals surface area contributed by atoms with Gasteiger partial charge in [0.25, 0.3) is 5.91 Å². The molecule has 0 aliphatic carbocycles. The van der Waals surface area contributed by atoms with Crippen LogP contribution in [0.15, 0.2) is 24.3 Å². The van der Waals surface area contributed by atoms with Gasteiger partial charge < -0.3 is 20.0 Å². The molecule has 2 saturated heterocycles. The molecule has 3 rings (SSSR count). The summed E-state index contributed by atoms with van der Waals surface area (Å²) in [6.07, 6.45) is 2.91. The van der Waals surface area contributed by atoms with E-state index >= 15 is 0 Å². The lowest BCUT2D eigenvalue weighted by atomic mass is 9.98. The van der Waals surface area contributed by atoms with Crippen LogP contribution in [-0.2, 0) is 11.2 Å². The van der Waals surface area contributed by atoms with Gasteiger partial charge in [0, 0.05) is 38.6 Å². The number of likely N-dealkylation sites (tertiary alicyclic amines) is 2. The van der Waals surface area contributed by atoms with Gasteiger partial charge in [-0.15, -0.1) is 0 Å². The van der Waals surface area contributed by atoms with Crippen LogP contribution in [0.1, 0.15) is 36.8 Å². The fraction of sp³-hybridized carbons (Fsp3) is 0.650. The molecular formula is C20H30N2O3. The Morgan fingerprint density at radius 2 is 1.84 bits per heavy atom. The Kier molecular flexibility index (Phi) is 6.10. The Labute approximate surface area is 150 Å². The lowest BCUT2D eigenvalue weighted by Gasteiger charge is -2.41. The van der Waals surface area contributed by atoms with E-state index in [-0.39, 0.29) is 12.0 Å². The maximum atomic E-state index is 12.5. The molecule has 0 spiro atoms. The first-order valence-electron chi connectivity index (χ1n) is 9.47. The van der Waals surface area contributed by atoms with Crippen molar-refractivity contribution in [1.82, 2.24) is 9.80 Å². The Bertz CT molecular complexity index is 576. The van der Waals surface area contributed by atoms with Crippen LogP contribution in [0.3, 0.4) is 0 Å². The van der Waals surface area contributed by atoms with Gasteiger partial charge in [0.2, 0.25) is 0 Å². The number of aryl methyl sites for hydroxylation is 1. The van der Waals surface area contributed by atoms with Crippen LogP contribution in [0.25, 0.3) is 0 Å². The Balaban J connectivity index is 1.47. The van der Waals surface area contributed by atoms with Crippen LogP contribution in [0, 0.1) is 6.92 Å². The number of nitrogens with zero attached hydrogens (tertiary/aromatic N) is 2. The number of carbonyl (C=O) groups excluding carboxylic acids is 1. The lowest BCUT2D eigenvalue weighted by Crippen LogP contribution is -2.51. The van der Waals surface area contributed by atoms with Gasteiger partial charge in [-0.25, -0.2) is 0 Å². The number of piperidine rings is 2. The summed E-state index contributed by atoms with van der Waals surface area (Å²) in [5.74, 6) is -0.144. The van der Waals surface area contributed by atoms with Crippen LogP contribution < -0.4 is 0 Å². The molecule has 1 aromatic carbocycles. The van der Waals surface area contributed by atoms with E-state index < -0.39 is 6.10 Å². The first-order valence-corrected chi connectivity index (χ1v) is 9.47. The maximum absolute atomic E-state index is 12.5. The molecule has 138 valence electrons. The van der Waals surface area contributed by atoms with Gasteiger partial charge in [-0.1, -0.05) is 29.8 Å². The average molecular weight is 346 g/mol. The highest BCUT2D eigenvalue weighted by Gasteiger charge is 2.31. The normalized spacial score (nSPS) is 22.1. The second-order valence-corrected chi connectivity index (χ2v) is 7.53. The molecule has 2 fully saturated rings. The molecular weight excluding hydrogens is 316 g/mol. The van der Waals surface area contributed by atoms with Gasteiger partial charge in [-0.2, -0.15) is 0 Å². The third-order valence-electron chi connectivity index (χ3n) is 5.59. The molecule has 0 unspecified atom stereocenters. The zero-order chi connectivity index (χ0) is 17.8. The molecule has 0 saturated carbocycles. The van der Waals surface area contributed by atoms with Crippen molar-refractivity contribution in [2.75, 3.05) is 26.2 Å². The SMILES string of the molecule is Cc1cccc(C[C@@H](O)C(=O)N2CCC(N3CCC(O)CC3)CC2)c1. The minimum Gasteiger partial charge on any atom is -0.393 e. The minimum atomic E-state index is -0.955. The Morgan fingerprint density at radius 3 is 2.48 bits per heavy atom. The third kappa shape index (κ3) is 4.81. The van der Waals surface area contributed by atoms with Crippen molar-refractivity contribution >= 4 is 5.91 Å². The fourth-order valence-corrected chi connectivity index (χ4v) is 4.06. The summed E-state index contributed by atoms with van der Waals surface area (Å²) >= 11 is 0. The van der Waals surface area contributed by atoms with Crippen molar-refractivity contribution in [1.29, 1.82) is 0 Å². The Morgan fingerprint density at radius 1 is 1.16 bits per heavy atom. The molecule has 0 bridgehead atoms. The van der Waals surface area contributed by atoms with Crippen LogP contribution in [0.2, 0.25) is 0 Å². The van der Waals surface area contributed by atoms with Crippen molar-refractivity contribution in [3.8, 4) is 0 Å². The first-order chi connectivity index (χ1) is 12.0. The first kappa shape index (κ1) is 18.4. The number of benzene rings is 1. The van der Waals surface area contributed by atoms with Crippen LogP contribution >= 0.6 is 0 Å². The topological polar surface area (TPSA) is 64.0 Å². The molecule has 1 atom stereocenters. The zero-order valence-electron chi connectivity index (χ0n) is 15.1. The van der Waals surface area contributed by atoms with E-state index in [1.54, 1.807) is 0 Å². The van der Waals surface area contributed by atoms with Crippen LogP contribution in [0.4, 0.5) is 0 Å². The summed E-state index contributed by atoms with van der Waals surface area (Å²) in [6, 6.07) is 8.46. The van der Waals surface area contributed by atoms with E-state index in [1.807, 2.05) is 36.1 Å². The van der Waals surface area contributed by atoms with Gasteiger partial charge in [-0.3, -0.25) is 4.79 Å². The van der Waals surface area contributed by atoms with Gasteiger partial charge in [0.1, 0.15) is 6.10 Å². The smallest absolute Gasteiger partial charge is 0.251 e. The van der Waals surface area contributed by atoms with Crippen molar-refractivity contribution in [3.63, 3.8) is 0 Å². The van der Waals surface area contributed by atoms with E-state index in [1.165, 1.54) is 0 Å². The van der Waals surface area contributed by atoms with Gasteiger partial charge in [0.15, 0.2) is 0 Å². The predicted molar refractivity (Wildman–Crippen MR) is 97.3 cm³/mol. The summed E-state index contributed by atoms with van der Waals surface area (Å²) < 4.78 is 0. The van der Waals surface area contributed by atoms with E-state index in [9.17, 15) is 15.0 Å². The summed E-state index contributed by atoms with van der Waals surface area (Å²) in [7, 11) is 0. The van der Waals surface area contributed by atoms with Crippen molar-refractivity contribution in [2.45, 2.75) is 57.3 Å². The number of aliphatic hydroxyl groups excluding tert-OH is 2. The second kappa shape index (κ2) is 8.30. The molecule has 1 aromatic rings. The maximum Gasteiger partial charge on any atom is 0.251 e. The molecule has 1 amide bonds. The quantitative estimate of drug-likeness (QED) is 0.864. The number of rotatable bonds is 4. The van der Waals surface area contributed by atoms with Gasteiger partial charge in [0.05, 0.1) is 6.10 Å². The van der Waals surface area contributed by atoms with E-state index in [4.69, 9.17) is 0 Å². The standard InChI is InChI=1S/C20H30N2O3/c1-15-3-2-4-16(13-15)14-19(24)20(25)22-9-5-17(6-10-22)21-11-7-18(23)8-12-21/h2-4,13,17-19,23-24H,5-12,14H2,1H3/t19-/m1/s1. The predicted octanol–water partition coefficient (Wildman–Crippen LogP) is 1.35. The van der Waals surface area contributed by atoms with E-state index in [2.05, 4.69) is 4.90 Å². The number of aliphatic hydroxyl groups is 2. The van der Waals surface area contributed by atoms with Crippen molar-refractivity contribution in [3.05, 3.63) is 35.4 Å². The number of hydrogen-bond acceptors (Lipinski definition) is 4. The molecule has 2 aliphatic rings. The lowest BCUT2D eigenvalue weighted by molar-refractivity contribution is -0.141. The Hall–Kier alpha value is -1.43. The molecule has 2 N–H and O–H groups in total. The number of amides is 1. The molecule has 0 aromatic heterocycles. The zero-order valence-corrected chi connectivity index (χ0v) is 15.1. The summed E-state index contributed by atoms with van der Waals surface area (Å²) in [5, 5.41) is 20.0. The summed E-state index contributed by atoms with van der Waals surface area (Å²) in [5.41, 5.74) is 2.15. The van der Waals surface area contributed by atoms with E-state index in [0.29, 0.717) is 25.6 Å². The highest BCUT2D eigenvalue weighted by molar-refractivity contribution is 5.81.